The number of nitrogens with one attached hydrogen (secondary N) is 2. The summed E-state index contributed by atoms with van der Waals surface area (Å²) in [5.41, 5.74) is 5.26. The van der Waals surface area contributed by atoms with Gasteiger partial charge >= 0.3 is 0 Å². The average molecular weight is 305 g/mol. The number of rotatable bonds is 4. The molecule has 7 heteroatoms. The molecule has 1 aromatic carbocycles. The van der Waals surface area contributed by atoms with E-state index in [0.717, 1.165) is 11.4 Å². The zero-order valence-corrected chi connectivity index (χ0v) is 12.6. The third-order valence-electron chi connectivity index (χ3n) is 3.32. The van der Waals surface area contributed by atoms with Crippen molar-refractivity contribution in [3.63, 3.8) is 0 Å². The lowest BCUT2D eigenvalue weighted by Gasteiger charge is -2.17. The normalized spacial score (nSPS) is 17.3. The van der Waals surface area contributed by atoms with Crippen LogP contribution in [-0.4, -0.2) is 30.9 Å². The van der Waals surface area contributed by atoms with E-state index in [0.29, 0.717) is 6.61 Å². The fraction of sp³-hybridized carbons (Fsp3) is 0.400. The highest BCUT2D eigenvalue weighted by Crippen LogP contribution is 2.26. The molecule has 1 aliphatic rings. The first-order valence-electron chi connectivity index (χ1n) is 7.11. The number of hydrogen-bond donors (Lipinski definition) is 2. The van der Waals surface area contributed by atoms with Crippen LogP contribution in [0.5, 0.6) is 5.75 Å². The number of amides is 3. The summed E-state index contributed by atoms with van der Waals surface area (Å²) in [6, 6.07) is 7.15. The van der Waals surface area contributed by atoms with Crippen LogP contribution in [0.4, 0.5) is 5.69 Å². The molecule has 0 saturated carbocycles. The lowest BCUT2D eigenvalue weighted by molar-refractivity contribution is -0.130. The van der Waals surface area contributed by atoms with E-state index in [9.17, 15) is 14.4 Å². The Hall–Kier alpha value is -2.57. The van der Waals surface area contributed by atoms with Crippen LogP contribution in [0.2, 0.25) is 0 Å². The van der Waals surface area contributed by atoms with Gasteiger partial charge in [-0.05, 0) is 31.2 Å². The van der Waals surface area contributed by atoms with Gasteiger partial charge in [0, 0.05) is 25.6 Å². The molecule has 22 heavy (non-hydrogen) atoms. The molecule has 1 atom stereocenters. The summed E-state index contributed by atoms with van der Waals surface area (Å²) in [7, 11) is 0. The number of carbonyl (C=O) groups is 3. The Morgan fingerprint density at radius 2 is 1.95 bits per heavy atom. The van der Waals surface area contributed by atoms with Crippen molar-refractivity contribution in [2.45, 2.75) is 20.3 Å². The first-order valence-corrected chi connectivity index (χ1v) is 7.11. The van der Waals surface area contributed by atoms with Crippen LogP contribution in [0, 0.1) is 5.92 Å². The minimum atomic E-state index is -0.481. The Balaban J connectivity index is 1.99. The fourth-order valence-electron chi connectivity index (χ4n) is 2.27. The van der Waals surface area contributed by atoms with E-state index in [1.54, 1.807) is 29.2 Å². The van der Waals surface area contributed by atoms with E-state index < -0.39 is 5.92 Å². The van der Waals surface area contributed by atoms with Crippen molar-refractivity contribution in [1.29, 1.82) is 0 Å². The zero-order valence-electron chi connectivity index (χ0n) is 12.6. The highest BCUT2D eigenvalue weighted by Gasteiger charge is 2.35. The highest BCUT2D eigenvalue weighted by molar-refractivity contribution is 6.00. The minimum Gasteiger partial charge on any atom is -0.494 e. The third-order valence-corrected chi connectivity index (χ3v) is 3.32. The third kappa shape index (κ3) is 3.75. The molecule has 7 nitrogen and oxygen atoms in total. The van der Waals surface area contributed by atoms with Gasteiger partial charge in [0.05, 0.1) is 12.5 Å². The number of carbonyl (C=O) groups excluding carboxylic acids is 3. The van der Waals surface area contributed by atoms with Gasteiger partial charge in [-0.15, -0.1) is 0 Å². The average Bonchev–Trinajstić information content (AvgIpc) is 2.88. The molecular formula is C15H19N3O4. The minimum absolute atomic E-state index is 0.118. The van der Waals surface area contributed by atoms with Crippen LogP contribution >= 0.6 is 0 Å². The number of anilines is 1. The van der Waals surface area contributed by atoms with Crippen LogP contribution in [0.1, 0.15) is 20.3 Å². The second kappa shape index (κ2) is 6.93. The van der Waals surface area contributed by atoms with Crippen molar-refractivity contribution in [2.24, 2.45) is 5.92 Å². The second-order valence-electron chi connectivity index (χ2n) is 5.00. The lowest BCUT2D eigenvalue weighted by Crippen LogP contribution is -2.44. The van der Waals surface area contributed by atoms with Crippen molar-refractivity contribution < 1.29 is 19.1 Å². The maximum Gasteiger partial charge on any atom is 0.243 e. The van der Waals surface area contributed by atoms with Crippen LogP contribution in [0.25, 0.3) is 0 Å². The highest BCUT2D eigenvalue weighted by atomic mass is 16.5. The summed E-state index contributed by atoms with van der Waals surface area (Å²) in [5, 5.41) is 0. The Morgan fingerprint density at radius 1 is 1.27 bits per heavy atom. The van der Waals surface area contributed by atoms with Crippen molar-refractivity contribution in [3.8, 4) is 5.75 Å². The van der Waals surface area contributed by atoms with E-state index >= 15 is 0 Å². The largest absolute Gasteiger partial charge is 0.494 e. The Morgan fingerprint density at radius 3 is 2.55 bits per heavy atom. The van der Waals surface area contributed by atoms with Gasteiger partial charge in [-0.3, -0.25) is 25.2 Å². The molecule has 1 saturated heterocycles. The summed E-state index contributed by atoms with van der Waals surface area (Å²) < 4.78 is 5.36. The van der Waals surface area contributed by atoms with Crippen molar-refractivity contribution in [3.05, 3.63) is 24.3 Å². The fourth-order valence-corrected chi connectivity index (χ4v) is 2.27. The van der Waals surface area contributed by atoms with Crippen molar-refractivity contribution >= 4 is 23.4 Å². The maximum absolute atomic E-state index is 12.1. The van der Waals surface area contributed by atoms with Gasteiger partial charge in [-0.1, -0.05) is 0 Å². The molecular weight excluding hydrogens is 286 g/mol. The quantitative estimate of drug-likeness (QED) is 0.798. The predicted octanol–water partition coefficient (Wildman–Crippen LogP) is 0.606. The second-order valence-corrected chi connectivity index (χ2v) is 5.00. The van der Waals surface area contributed by atoms with Gasteiger partial charge < -0.3 is 9.64 Å². The predicted molar refractivity (Wildman–Crippen MR) is 80.0 cm³/mol. The molecule has 1 aliphatic heterocycles. The van der Waals surface area contributed by atoms with E-state index in [1.807, 2.05) is 6.92 Å². The van der Waals surface area contributed by atoms with Gasteiger partial charge in [0.15, 0.2) is 0 Å². The lowest BCUT2D eigenvalue weighted by atomic mass is 10.1. The van der Waals surface area contributed by atoms with Gasteiger partial charge in [0.2, 0.25) is 17.7 Å². The molecule has 0 aromatic heterocycles. The maximum atomic E-state index is 12.1. The molecule has 0 bridgehead atoms. The molecule has 2 rings (SSSR count). The number of ether oxygens (including phenoxy) is 1. The molecule has 1 heterocycles. The summed E-state index contributed by atoms with van der Waals surface area (Å²) >= 11 is 0. The van der Waals surface area contributed by atoms with E-state index in [1.165, 1.54) is 6.92 Å². The Kier molecular flexibility index (Phi) is 4.98. The van der Waals surface area contributed by atoms with Crippen LogP contribution in [0.15, 0.2) is 24.3 Å². The molecule has 1 unspecified atom stereocenters. The van der Waals surface area contributed by atoms with Crippen LogP contribution in [-0.2, 0) is 14.4 Å². The topological polar surface area (TPSA) is 87.7 Å². The number of hydrogen-bond acceptors (Lipinski definition) is 4. The summed E-state index contributed by atoms with van der Waals surface area (Å²) in [4.78, 5) is 36.3. The van der Waals surface area contributed by atoms with E-state index in [4.69, 9.17) is 4.74 Å². The zero-order chi connectivity index (χ0) is 16.1. The first kappa shape index (κ1) is 15.8. The molecule has 0 radical (unpaired) electrons. The smallest absolute Gasteiger partial charge is 0.243 e. The van der Waals surface area contributed by atoms with Crippen LogP contribution in [0.3, 0.4) is 0 Å². The monoisotopic (exact) mass is 305 g/mol. The Bertz CT molecular complexity index is 571. The SMILES string of the molecule is CCOc1ccc(N2CC(C(=O)NNC(C)=O)CC2=O)cc1. The molecule has 0 aliphatic carbocycles. The molecule has 0 spiro atoms. The summed E-state index contributed by atoms with van der Waals surface area (Å²) in [6.45, 7) is 4.06. The first-order chi connectivity index (χ1) is 10.5. The standard InChI is InChI=1S/C15H19N3O4/c1-3-22-13-6-4-12(5-7-13)18-9-11(8-14(18)20)15(21)17-16-10(2)19/h4-7,11H,3,8-9H2,1-2H3,(H,16,19)(H,17,21). The van der Waals surface area contributed by atoms with Crippen molar-refractivity contribution in [2.75, 3.05) is 18.1 Å². The number of benzene rings is 1. The number of nitrogens with zero attached hydrogens (tertiary/aromatic N) is 1. The molecule has 118 valence electrons. The Labute approximate surface area is 128 Å². The van der Waals surface area contributed by atoms with Crippen LogP contribution < -0.4 is 20.5 Å². The molecule has 1 aromatic rings. The summed E-state index contributed by atoms with van der Waals surface area (Å²) in [5.74, 6) is -0.589. The van der Waals surface area contributed by atoms with E-state index in [-0.39, 0.29) is 30.7 Å². The summed E-state index contributed by atoms with van der Waals surface area (Å²) in [6.07, 6.45) is 0.124. The van der Waals surface area contributed by atoms with Gasteiger partial charge in [-0.25, -0.2) is 0 Å². The molecule has 3 amide bonds. The van der Waals surface area contributed by atoms with Gasteiger partial charge in [0.25, 0.3) is 0 Å². The molecule has 2 N–H and O–H groups in total. The van der Waals surface area contributed by atoms with Gasteiger partial charge in [-0.2, -0.15) is 0 Å². The molecule has 1 fully saturated rings. The number of hydrazine groups is 1. The van der Waals surface area contributed by atoms with Gasteiger partial charge in [0.1, 0.15) is 5.75 Å². The van der Waals surface area contributed by atoms with Crippen molar-refractivity contribution in [1.82, 2.24) is 10.9 Å². The van der Waals surface area contributed by atoms with E-state index in [2.05, 4.69) is 10.9 Å².